The molecule has 0 saturated heterocycles. The maximum Gasteiger partial charge on any atom is 0.355 e. The third kappa shape index (κ3) is 4.70. The molecule has 0 atom stereocenters. The number of nitrogens with one attached hydrogen (secondary N) is 3. The van der Waals surface area contributed by atoms with Crippen molar-refractivity contribution in [3.63, 3.8) is 0 Å². The second-order valence-electron chi connectivity index (χ2n) is 5.80. The zero-order chi connectivity index (χ0) is 20.1. The van der Waals surface area contributed by atoms with Crippen LogP contribution < -0.4 is 10.6 Å². The molecule has 0 spiro atoms. The summed E-state index contributed by atoms with van der Waals surface area (Å²) in [5.41, 5.74) is 1.00. The standard InChI is InChI=1S/C19H15F2N3O4/c20-13-6-5-12(8-14(13)21)23-17(25)9-22-18(26)10-28-19(27)16-7-11-3-1-2-4-15(11)24-16/h1-8,24H,9-10H2,(H,22,26)(H,23,25). The van der Waals surface area contributed by atoms with Crippen LogP contribution in [0.5, 0.6) is 0 Å². The van der Waals surface area contributed by atoms with Gasteiger partial charge in [0.05, 0.1) is 6.54 Å². The maximum absolute atomic E-state index is 13.1. The predicted octanol–water partition coefficient (Wildman–Crippen LogP) is 2.36. The second-order valence-corrected chi connectivity index (χ2v) is 5.80. The number of carbonyl (C=O) groups excluding carboxylic acids is 3. The number of para-hydroxylation sites is 1. The quantitative estimate of drug-likeness (QED) is 0.565. The molecule has 2 aromatic carbocycles. The minimum Gasteiger partial charge on any atom is -0.451 e. The van der Waals surface area contributed by atoms with Crippen LogP contribution >= 0.6 is 0 Å². The summed E-state index contributed by atoms with van der Waals surface area (Å²) in [5.74, 6) is -4.20. The van der Waals surface area contributed by atoms with E-state index < -0.39 is 42.6 Å². The number of aromatic nitrogens is 1. The van der Waals surface area contributed by atoms with E-state index in [0.29, 0.717) is 0 Å². The van der Waals surface area contributed by atoms with Crippen molar-refractivity contribution < 1.29 is 27.9 Å². The van der Waals surface area contributed by atoms with Gasteiger partial charge < -0.3 is 20.4 Å². The van der Waals surface area contributed by atoms with Crippen LogP contribution in [0.1, 0.15) is 10.5 Å². The van der Waals surface area contributed by atoms with Crippen LogP contribution in [0.2, 0.25) is 0 Å². The zero-order valence-electron chi connectivity index (χ0n) is 14.4. The molecule has 9 heteroatoms. The van der Waals surface area contributed by atoms with E-state index in [0.717, 1.165) is 23.0 Å². The van der Waals surface area contributed by atoms with Crippen LogP contribution in [-0.2, 0) is 14.3 Å². The summed E-state index contributed by atoms with van der Waals surface area (Å²) < 4.78 is 30.8. The molecule has 1 heterocycles. The number of aromatic amines is 1. The van der Waals surface area contributed by atoms with Crippen molar-refractivity contribution >= 4 is 34.4 Å². The Kier molecular flexibility index (Phi) is 5.64. The Bertz CT molecular complexity index is 1020. The van der Waals surface area contributed by atoms with E-state index in [1.165, 1.54) is 6.07 Å². The number of fused-ring (bicyclic) bond motifs is 1. The fourth-order valence-corrected chi connectivity index (χ4v) is 2.40. The first-order valence-electron chi connectivity index (χ1n) is 8.19. The number of hydrogen-bond acceptors (Lipinski definition) is 4. The molecule has 7 nitrogen and oxygen atoms in total. The van der Waals surface area contributed by atoms with E-state index in [1.807, 2.05) is 18.2 Å². The van der Waals surface area contributed by atoms with Gasteiger partial charge in [-0.2, -0.15) is 0 Å². The van der Waals surface area contributed by atoms with Gasteiger partial charge in [0, 0.05) is 22.7 Å². The average molecular weight is 387 g/mol. The molecule has 0 radical (unpaired) electrons. The fraction of sp³-hybridized carbons (Fsp3) is 0.105. The summed E-state index contributed by atoms with van der Waals surface area (Å²) in [5, 5.41) is 5.38. The molecule has 3 aromatic rings. The lowest BCUT2D eigenvalue weighted by Gasteiger charge is -2.07. The highest BCUT2D eigenvalue weighted by atomic mass is 19.2. The molecule has 0 bridgehead atoms. The first-order valence-corrected chi connectivity index (χ1v) is 8.19. The Balaban J connectivity index is 1.44. The average Bonchev–Trinajstić information content (AvgIpc) is 3.11. The van der Waals surface area contributed by atoms with Gasteiger partial charge in [0.2, 0.25) is 5.91 Å². The van der Waals surface area contributed by atoms with E-state index in [2.05, 4.69) is 15.6 Å². The number of benzene rings is 2. The Morgan fingerprint density at radius 1 is 0.964 bits per heavy atom. The first-order chi connectivity index (χ1) is 13.4. The highest BCUT2D eigenvalue weighted by Gasteiger charge is 2.14. The third-order valence-electron chi connectivity index (χ3n) is 3.73. The lowest BCUT2D eigenvalue weighted by Crippen LogP contribution is -2.35. The molecule has 0 unspecified atom stereocenters. The number of amides is 2. The summed E-state index contributed by atoms with van der Waals surface area (Å²) in [6, 6.07) is 11.7. The molecule has 0 aliphatic carbocycles. The number of halogens is 2. The summed E-state index contributed by atoms with van der Waals surface area (Å²) >= 11 is 0. The van der Waals surface area contributed by atoms with Crippen molar-refractivity contribution in [3.8, 4) is 0 Å². The van der Waals surface area contributed by atoms with E-state index in [4.69, 9.17) is 4.74 Å². The smallest absolute Gasteiger partial charge is 0.355 e. The molecule has 3 N–H and O–H groups in total. The minimum absolute atomic E-state index is 0.0448. The minimum atomic E-state index is -1.11. The van der Waals surface area contributed by atoms with Gasteiger partial charge in [-0.15, -0.1) is 0 Å². The van der Waals surface area contributed by atoms with Crippen molar-refractivity contribution in [2.75, 3.05) is 18.5 Å². The topological polar surface area (TPSA) is 100 Å². The van der Waals surface area contributed by atoms with Gasteiger partial charge in [0.1, 0.15) is 5.69 Å². The van der Waals surface area contributed by atoms with Crippen LogP contribution in [-0.4, -0.2) is 35.9 Å². The second kappa shape index (κ2) is 8.30. The van der Waals surface area contributed by atoms with Crippen molar-refractivity contribution in [2.45, 2.75) is 0 Å². The van der Waals surface area contributed by atoms with Crippen molar-refractivity contribution in [1.82, 2.24) is 10.3 Å². The van der Waals surface area contributed by atoms with E-state index >= 15 is 0 Å². The molecule has 0 aliphatic heterocycles. The lowest BCUT2D eigenvalue weighted by atomic mass is 10.2. The predicted molar refractivity (Wildman–Crippen MR) is 96.6 cm³/mol. The molecule has 144 valence electrons. The highest BCUT2D eigenvalue weighted by Crippen LogP contribution is 2.15. The first kappa shape index (κ1) is 19.0. The van der Waals surface area contributed by atoms with Gasteiger partial charge in [-0.05, 0) is 24.3 Å². The Hall–Kier alpha value is -3.75. The highest BCUT2D eigenvalue weighted by molar-refractivity contribution is 5.97. The lowest BCUT2D eigenvalue weighted by molar-refractivity contribution is -0.126. The van der Waals surface area contributed by atoms with Crippen LogP contribution in [0, 0.1) is 11.6 Å². The number of hydrogen-bond donors (Lipinski definition) is 3. The molecule has 0 aliphatic rings. The van der Waals surface area contributed by atoms with E-state index in [9.17, 15) is 23.2 Å². The molecule has 0 saturated carbocycles. The van der Waals surface area contributed by atoms with Crippen molar-refractivity contribution in [3.05, 3.63) is 65.9 Å². The Morgan fingerprint density at radius 3 is 2.50 bits per heavy atom. The largest absolute Gasteiger partial charge is 0.451 e. The number of rotatable bonds is 6. The van der Waals surface area contributed by atoms with Crippen LogP contribution in [0.3, 0.4) is 0 Å². The number of anilines is 1. The van der Waals surface area contributed by atoms with Gasteiger partial charge in [0.25, 0.3) is 5.91 Å². The van der Waals surface area contributed by atoms with Crippen molar-refractivity contribution in [2.24, 2.45) is 0 Å². The number of ether oxygens (including phenoxy) is 1. The molecule has 0 fully saturated rings. The SMILES string of the molecule is O=C(COC(=O)c1cc2ccccc2[nH]1)NCC(=O)Nc1ccc(F)c(F)c1. The third-order valence-corrected chi connectivity index (χ3v) is 3.73. The fourth-order valence-electron chi connectivity index (χ4n) is 2.40. The molecular formula is C19H15F2N3O4. The Morgan fingerprint density at radius 2 is 1.75 bits per heavy atom. The van der Waals surface area contributed by atoms with Crippen molar-refractivity contribution in [1.29, 1.82) is 0 Å². The van der Waals surface area contributed by atoms with E-state index in [1.54, 1.807) is 12.1 Å². The summed E-state index contributed by atoms with van der Waals surface area (Å²) in [6.07, 6.45) is 0. The van der Waals surface area contributed by atoms with Gasteiger partial charge >= 0.3 is 5.97 Å². The molecule has 28 heavy (non-hydrogen) atoms. The van der Waals surface area contributed by atoms with Gasteiger partial charge in [-0.1, -0.05) is 18.2 Å². The number of esters is 1. The summed E-state index contributed by atoms with van der Waals surface area (Å²) in [4.78, 5) is 38.3. The van der Waals surface area contributed by atoms with Gasteiger partial charge in [-0.3, -0.25) is 9.59 Å². The maximum atomic E-state index is 13.1. The van der Waals surface area contributed by atoms with Gasteiger partial charge in [0.15, 0.2) is 18.2 Å². The number of H-pyrrole nitrogens is 1. The molecular weight excluding hydrogens is 372 g/mol. The van der Waals surface area contributed by atoms with Crippen LogP contribution in [0.4, 0.5) is 14.5 Å². The Labute approximate surface area is 157 Å². The molecule has 2 amide bonds. The molecule has 1 aromatic heterocycles. The van der Waals surface area contributed by atoms with Crippen LogP contribution in [0.25, 0.3) is 10.9 Å². The van der Waals surface area contributed by atoms with E-state index in [-0.39, 0.29) is 11.4 Å². The normalized spacial score (nSPS) is 10.5. The molecule has 3 rings (SSSR count). The summed E-state index contributed by atoms with van der Waals surface area (Å²) in [6.45, 7) is -1.01. The van der Waals surface area contributed by atoms with Crippen LogP contribution in [0.15, 0.2) is 48.5 Å². The zero-order valence-corrected chi connectivity index (χ0v) is 14.4. The number of carbonyl (C=O) groups is 3. The van der Waals surface area contributed by atoms with Gasteiger partial charge in [-0.25, -0.2) is 13.6 Å². The summed E-state index contributed by atoms with van der Waals surface area (Å²) in [7, 11) is 0. The monoisotopic (exact) mass is 387 g/mol.